The molecule has 0 unspecified atom stereocenters. The van der Waals surface area contributed by atoms with Crippen molar-refractivity contribution in [1.29, 1.82) is 0 Å². The highest BCUT2D eigenvalue weighted by atomic mass is 127. The number of rotatable bonds is 12. The van der Waals surface area contributed by atoms with E-state index in [-0.39, 0.29) is 41.1 Å². The molecule has 0 saturated heterocycles. The Balaban J connectivity index is 0.00000900. The van der Waals surface area contributed by atoms with Gasteiger partial charge in [-0.05, 0) is 40.2 Å². The van der Waals surface area contributed by atoms with Crippen LogP contribution in [0.1, 0.15) is 34.1 Å². The minimum absolute atomic E-state index is 0. The molecule has 0 aliphatic rings. The summed E-state index contributed by atoms with van der Waals surface area (Å²) in [4.78, 5) is 16.6. The zero-order chi connectivity index (χ0) is 22.7. The Hall–Kier alpha value is -1.51. The molecule has 178 valence electrons. The van der Waals surface area contributed by atoms with Gasteiger partial charge in [-0.1, -0.05) is 6.07 Å². The molecule has 31 heavy (non-hydrogen) atoms. The van der Waals surface area contributed by atoms with E-state index >= 15 is 0 Å². The van der Waals surface area contributed by atoms with Crippen LogP contribution in [0.25, 0.3) is 0 Å². The number of nitro benzene ring substituents is 1. The summed E-state index contributed by atoms with van der Waals surface area (Å²) >= 11 is 0. The van der Waals surface area contributed by atoms with Gasteiger partial charge in [0.25, 0.3) is 5.69 Å². The molecule has 12 heteroatoms. The fraction of sp³-hybridized carbons (Fsp3) is 0.632. The molecule has 0 amide bonds. The third-order valence-corrected chi connectivity index (χ3v) is 5.94. The minimum Gasteiger partial charge on any atom is -0.356 e. The van der Waals surface area contributed by atoms with Crippen molar-refractivity contribution in [1.82, 2.24) is 20.3 Å². The lowest BCUT2D eigenvalue weighted by atomic mass is 10.2. The van der Waals surface area contributed by atoms with E-state index < -0.39 is 14.9 Å². The fourth-order valence-corrected chi connectivity index (χ4v) is 4.09. The van der Waals surface area contributed by atoms with Crippen molar-refractivity contribution in [3.05, 3.63) is 34.4 Å². The number of aliphatic imine (C=N–C) groups is 1. The maximum absolute atomic E-state index is 12.3. The highest BCUT2D eigenvalue weighted by Gasteiger charge is 2.17. The second-order valence-electron chi connectivity index (χ2n) is 7.36. The van der Waals surface area contributed by atoms with Gasteiger partial charge in [0, 0.05) is 57.4 Å². The van der Waals surface area contributed by atoms with Gasteiger partial charge in [0.2, 0.25) is 10.0 Å². The predicted octanol–water partition coefficient (Wildman–Crippen LogP) is 2.17. The first kappa shape index (κ1) is 29.5. The molecule has 0 aliphatic carbocycles. The second kappa shape index (κ2) is 14.5. The Morgan fingerprint density at radius 3 is 2.29 bits per heavy atom. The Kier molecular flexibility index (Phi) is 13.8. The van der Waals surface area contributed by atoms with Gasteiger partial charge in [0.05, 0.1) is 9.82 Å². The van der Waals surface area contributed by atoms with Gasteiger partial charge in [0.1, 0.15) is 0 Å². The molecule has 0 aliphatic heterocycles. The molecular formula is C19H35IN6O4S. The van der Waals surface area contributed by atoms with Crippen LogP contribution in [-0.2, 0) is 10.0 Å². The number of guanidine groups is 1. The van der Waals surface area contributed by atoms with E-state index in [0.29, 0.717) is 24.6 Å². The Morgan fingerprint density at radius 2 is 1.74 bits per heavy atom. The number of sulfonamides is 1. The molecule has 10 nitrogen and oxygen atoms in total. The lowest BCUT2D eigenvalue weighted by Crippen LogP contribution is -2.43. The molecule has 1 aromatic carbocycles. The largest absolute Gasteiger partial charge is 0.356 e. The first-order valence-corrected chi connectivity index (χ1v) is 11.5. The molecule has 0 radical (unpaired) electrons. The molecule has 0 atom stereocenters. The van der Waals surface area contributed by atoms with E-state index in [0.717, 1.165) is 25.6 Å². The van der Waals surface area contributed by atoms with Crippen LogP contribution in [-0.4, -0.2) is 69.5 Å². The monoisotopic (exact) mass is 570 g/mol. The first-order valence-electron chi connectivity index (χ1n) is 10.0. The van der Waals surface area contributed by atoms with Crippen LogP contribution in [0.15, 0.2) is 34.2 Å². The summed E-state index contributed by atoms with van der Waals surface area (Å²) in [6.45, 7) is 10.9. The second-order valence-corrected chi connectivity index (χ2v) is 9.12. The summed E-state index contributed by atoms with van der Waals surface area (Å²) in [6, 6.07) is 5.92. The maximum Gasteiger partial charge on any atom is 0.270 e. The van der Waals surface area contributed by atoms with Gasteiger partial charge in [-0.2, -0.15) is 0 Å². The topological polar surface area (TPSA) is 129 Å². The smallest absolute Gasteiger partial charge is 0.270 e. The van der Waals surface area contributed by atoms with Crippen molar-refractivity contribution >= 4 is 45.6 Å². The Bertz CT molecular complexity index is 809. The summed E-state index contributed by atoms with van der Waals surface area (Å²) in [7, 11) is -2.18. The standard InChI is InChI=1S/C19H34N6O4S.HI/c1-15(2)24(16(3)4)13-7-10-21-19(20-5)22-11-12-23-30(28,29)18-9-6-8-17(14-18)25(26)27;/h6,8-9,14-16,23H,7,10-13H2,1-5H3,(H2,20,21,22);1H. The molecule has 0 saturated carbocycles. The van der Waals surface area contributed by atoms with Crippen molar-refractivity contribution in [2.24, 2.45) is 4.99 Å². The number of nitrogens with zero attached hydrogens (tertiary/aromatic N) is 3. The third-order valence-electron chi connectivity index (χ3n) is 4.48. The lowest BCUT2D eigenvalue weighted by Gasteiger charge is -2.30. The summed E-state index contributed by atoms with van der Waals surface area (Å²) in [5.41, 5.74) is -0.269. The van der Waals surface area contributed by atoms with Gasteiger partial charge < -0.3 is 10.6 Å². The van der Waals surface area contributed by atoms with E-state index in [2.05, 4.69) is 52.9 Å². The number of hydrogen-bond donors (Lipinski definition) is 3. The van der Waals surface area contributed by atoms with Crippen molar-refractivity contribution < 1.29 is 13.3 Å². The average molecular weight is 570 g/mol. The Morgan fingerprint density at radius 1 is 1.13 bits per heavy atom. The summed E-state index contributed by atoms with van der Waals surface area (Å²) in [6.07, 6.45) is 0.955. The zero-order valence-corrected chi connectivity index (χ0v) is 21.9. The molecule has 1 rings (SSSR count). The van der Waals surface area contributed by atoms with Crippen molar-refractivity contribution in [3.63, 3.8) is 0 Å². The molecule has 0 heterocycles. The number of benzene rings is 1. The summed E-state index contributed by atoms with van der Waals surface area (Å²) in [5.74, 6) is 0.588. The molecule has 1 aromatic rings. The minimum atomic E-state index is -3.83. The highest BCUT2D eigenvalue weighted by Crippen LogP contribution is 2.16. The van der Waals surface area contributed by atoms with Gasteiger partial charge in [-0.15, -0.1) is 24.0 Å². The van der Waals surface area contributed by atoms with E-state index in [1.54, 1.807) is 7.05 Å². The predicted molar refractivity (Wildman–Crippen MR) is 135 cm³/mol. The van der Waals surface area contributed by atoms with Crippen LogP contribution in [0.5, 0.6) is 0 Å². The first-order chi connectivity index (χ1) is 14.1. The Labute approximate surface area is 202 Å². The average Bonchev–Trinajstić information content (AvgIpc) is 2.68. The number of halogens is 1. The molecule has 0 fully saturated rings. The zero-order valence-electron chi connectivity index (χ0n) is 18.8. The number of hydrogen-bond acceptors (Lipinski definition) is 6. The SMILES string of the molecule is CN=C(NCCCN(C(C)C)C(C)C)NCCNS(=O)(=O)c1cccc([N+](=O)[O-])c1.I. The van der Waals surface area contributed by atoms with Crippen LogP contribution in [0.3, 0.4) is 0 Å². The van der Waals surface area contributed by atoms with Crippen LogP contribution in [0.2, 0.25) is 0 Å². The van der Waals surface area contributed by atoms with E-state index in [1.165, 1.54) is 18.2 Å². The van der Waals surface area contributed by atoms with Crippen molar-refractivity contribution in [3.8, 4) is 0 Å². The van der Waals surface area contributed by atoms with Crippen LogP contribution in [0.4, 0.5) is 5.69 Å². The van der Waals surface area contributed by atoms with Gasteiger partial charge in [-0.3, -0.25) is 20.0 Å². The van der Waals surface area contributed by atoms with Crippen LogP contribution < -0.4 is 15.4 Å². The molecule has 3 N–H and O–H groups in total. The summed E-state index contributed by atoms with van der Waals surface area (Å²) < 4.78 is 27.0. The highest BCUT2D eigenvalue weighted by molar-refractivity contribution is 14.0. The van der Waals surface area contributed by atoms with Gasteiger partial charge in [0.15, 0.2) is 5.96 Å². The quantitative estimate of drug-likeness (QED) is 0.0878. The number of nitro groups is 1. The number of non-ortho nitro benzene ring substituents is 1. The van der Waals surface area contributed by atoms with Gasteiger partial charge in [-0.25, -0.2) is 13.1 Å². The van der Waals surface area contributed by atoms with Crippen molar-refractivity contribution in [2.45, 2.75) is 51.1 Å². The van der Waals surface area contributed by atoms with Crippen LogP contribution in [0, 0.1) is 10.1 Å². The molecule has 0 aromatic heterocycles. The number of nitrogens with one attached hydrogen (secondary N) is 3. The molecular weight excluding hydrogens is 535 g/mol. The molecule has 0 spiro atoms. The fourth-order valence-electron chi connectivity index (χ4n) is 3.02. The van der Waals surface area contributed by atoms with Gasteiger partial charge >= 0.3 is 0 Å². The van der Waals surface area contributed by atoms with Crippen LogP contribution >= 0.6 is 24.0 Å². The third kappa shape index (κ3) is 10.6. The normalized spacial score (nSPS) is 12.2. The van der Waals surface area contributed by atoms with Crippen molar-refractivity contribution in [2.75, 3.05) is 33.2 Å². The molecule has 0 bridgehead atoms. The summed E-state index contributed by atoms with van der Waals surface area (Å²) in [5, 5.41) is 17.1. The van der Waals surface area contributed by atoms with E-state index in [9.17, 15) is 18.5 Å². The maximum atomic E-state index is 12.3. The lowest BCUT2D eigenvalue weighted by molar-refractivity contribution is -0.385. The van der Waals surface area contributed by atoms with E-state index in [1.807, 2.05) is 0 Å². The van der Waals surface area contributed by atoms with E-state index in [4.69, 9.17) is 0 Å².